The summed E-state index contributed by atoms with van der Waals surface area (Å²) >= 11 is 0. The highest BCUT2D eigenvalue weighted by Gasteiger charge is 2.08. The summed E-state index contributed by atoms with van der Waals surface area (Å²) in [6.45, 7) is 6.07. The average Bonchev–Trinajstić information content (AvgIpc) is 2.30. The maximum Gasteiger partial charge on any atom is 0.321 e. The Morgan fingerprint density at radius 3 is 2.56 bits per heavy atom. The molecular formula is C14H22N2O2. The quantitative estimate of drug-likeness (QED) is 0.892. The summed E-state index contributed by atoms with van der Waals surface area (Å²) in [5.41, 5.74) is 1.89. The predicted molar refractivity (Wildman–Crippen MR) is 74.3 cm³/mol. The molecule has 0 heterocycles. The van der Waals surface area contributed by atoms with Crippen LogP contribution in [-0.4, -0.2) is 31.1 Å². The van der Waals surface area contributed by atoms with Crippen molar-refractivity contribution in [2.75, 3.05) is 19.4 Å². The Labute approximate surface area is 109 Å². The van der Waals surface area contributed by atoms with Crippen molar-refractivity contribution in [1.82, 2.24) is 4.90 Å². The van der Waals surface area contributed by atoms with Crippen LogP contribution in [0.1, 0.15) is 26.3 Å². The number of benzene rings is 1. The minimum atomic E-state index is -0.130. The first-order valence-electron chi connectivity index (χ1n) is 6.22. The van der Waals surface area contributed by atoms with Gasteiger partial charge in [0.25, 0.3) is 0 Å². The first-order chi connectivity index (χ1) is 8.43. The number of rotatable bonds is 4. The molecular weight excluding hydrogens is 228 g/mol. The smallest absolute Gasteiger partial charge is 0.321 e. The van der Waals surface area contributed by atoms with E-state index >= 15 is 0 Å². The van der Waals surface area contributed by atoms with E-state index in [2.05, 4.69) is 12.2 Å². The van der Waals surface area contributed by atoms with E-state index in [1.807, 2.05) is 32.0 Å². The van der Waals surface area contributed by atoms with Gasteiger partial charge < -0.3 is 15.0 Å². The Hall–Kier alpha value is -1.71. The van der Waals surface area contributed by atoms with Gasteiger partial charge in [-0.1, -0.05) is 6.92 Å². The minimum absolute atomic E-state index is 0.130. The van der Waals surface area contributed by atoms with Crippen molar-refractivity contribution in [3.8, 4) is 5.75 Å². The van der Waals surface area contributed by atoms with Crippen molar-refractivity contribution in [2.24, 2.45) is 0 Å². The lowest BCUT2D eigenvalue weighted by molar-refractivity contribution is 0.230. The maximum atomic E-state index is 11.6. The highest BCUT2D eigenvalue weighted by molar-refractivity contribution is 5.89. The van der Waals surface area contributed by atoms with Gasteiger partial charge in [-0.2, -0.15) is 0 Å². The monoisotopic (exact) mass is 250 g/mol. The third kappa shape index (κ3) is 3.95. The molecule has 0 atom stereocenters. The summed E-state index contributed by atoms with van der Waals surface area (Å²) in [6.07, 6.45) is 1.02. The van der Waals surface area contributed by atoms with Gasteiger partial charge in [0.1, 0.15) is 5.75 Å². The molecule has 18 heavy (non-hydrogen) atoms. The van der Waals surface area contributed by atoms with E-state index in [1.54, 1.807) is 14.1 Å². The third-order valence-electron chi connectivity index (χ3n) is 2.46. The Morgan fingerprint density at radius 2 is 2.06 bits per heavy atom. The zero-order valence-corrected chi connectivity index (χ0v) is 11.8. The number of hydrogen-bond acceptors (Lipinski definition) is 2. The van der Waals surface area contributed by atoms with E-state index in [1.165, 1.54) is 4.90 Å². The number of urea groups is 1. The van der Waals surface area contributed by atoms with E-state index in [4.69, 9.17) is 4.74 Å². The second-order valence-corrected chi connectivity index (χ2v) is 4.67. The predicted octanol–water partition coefficient (Wildman–Crippen LogP) is 3.13. The molecule has 1 aromatic rings. The highest BCUT2D eigenvalue weighted by Crippen LogP contribution is 2.24. The molecule has 0 saturated carbocycles. The molecule has 100 valence electrons. The van der Waals surface area contributed by atoms with E-state index in [-0.39, 0.29) is 12.1 Å². The van der Waals surface area contributed by atoms with Gasteiger partial charge in [0, 0.05) is 19.8 Å². The molecule has 0 aliphatic rings. The molecule has 1 aromatic carbocycles. The van der Waals surface area contributed by atoms with Gasteiger partial charge in [-0.25, -0.2) is 4.79 Å². The molecule has 1 N–H and O–H groups in total. The van der Waals surface area contributed by atoms with Gasteiger partial charge in [0.15, 0.2) is 0 Å². The molecule has 4 nitrogen and oxygen atoms in total. The number of anilines is 1. The Kier molecular flexibility index (Phi) is 5.01. The van der Waals surface area contributed by atoms with Crippen molar-refractivity contribution in [2.45, 2.75) is 33.3 Å². The molecule has 4 heteroatoms. The van der Waals surface area contributed by atoms with Crippen molar-refractivity contribution in [3.63, 3.8) is 0 Å². The van der Waals surface area contributed by atoms with Crippen LogP contribution in [0.15, 0.2) is 18.2 Å². The van der Waals surface area contributed by atoms with Gasteiger partial charge in [0.05, 0.1) is 6.10 Å². The molecule has 0 aromatic heterocycles. The fourth-order valence-electron chi connectivity index (χ4n) is 1.54. The van der Waals surface area contributed by atoms with Crippen molar-refractivity contribution < 1.29 is 9.53 Å². The van der Waals surface area contributed by atoms with Crippen molar-refractivity contribution >= 4 is 11.7 Å². The lowest BCUT2D eigenvalue weighted by atomic mass is 10.1. The minimum Gasteiger partial charge on any atom is -0.491 e. The summed E-state index contributed by atoms with van der Waals surface area (Å²) < 4.78 is 5.72. The van der Waals surface area contributed by atoms with Crippen molar-refractivity contribution in [3.05, 3.63) is 23.8 Å². The SMILES string of the molecule is CCc1cc(NC(=O)N(C)C)ccc1OC(C)C. The van der Waals surface area contributed by atoms with Crippen LogP contribution in [0.4, 0.5) is 10.5 Å². The Bertz CT molecular complexity index is 414. The normalized spacial score (nSPS) is 10.3. The maximum absolute atomic E-state index is 11.6. The van der Waals surface area contributed by atoms with Crippen LogP contribution >= 0.6 is 0 Å². The van der Waals surface area contributed by atoms with Crippen LogP contribution in [0, 0.1) is 0 Å². The van der Waals surface area contributed by atoms with Gasteiger partial charge in [-0.15, -0.1) is 0 Å². The standard InChI is InChI=1S/C14H22N2O2/c1-6-11-9-12(15-14(17)16(4)5)7-8-13(11)18-10(2)3/h7-10H,6H2,1-5H3,(H,15,17). The number of amides is 2. The first-order valence-corrected chi connectivity index (χ1v) is 6.22. The Morgan fingerprint density at radius 1 is 1.39 bits per heavy atom. The summed E-state index contributed by atoms with van der Waals surface area (Å²) in [5, 5.41) is 2.83. The molecule has 0 fully saturated rings. The number of carbonyl (C=O) groups excluding carboxylic acids is 1. The van der Waals surface area contributed by atoms with Gasteiger partial charge in [-0.3, -0.25) is 0 Å². The van der Waals surface area contributed by atoms with Gasteiger partial charge >= 0.3 is 6.03 Å². The molecule has 0 aliphatic heterocycles. The summed E-state index contributed by atoms with van der Waals surface area (Å²) in [7, 11) is 3.43. The summed E-state index contributed by atoms with van der Waals surface area (Å²) in [4.78, 5) is 13.1. The molecule has 0 bridgehead atoms. The molecule has 2 amide bonds. The van der Waals surface area contributed by atoms with Crippen LogP contribution in [0.25, 0.3) is 0 Å². The van der Waals surface area contributed by atoms with Crippen LogP contribution in [0.2, 0.25) is 0 Å². The van der Waals surface area contributed by atoms with Gasteiger partial charge in [0.2, 0.25) is 0 Å². The molecule has 0 radical (unpaired) electrons. The second-order valence-electron chi connectivity index (χ2n) is 4.67. The fraction of sp³-hybridized carbons (Fsp3) is 0.500. The number of carbonyl (C=O) groups is 1. The number of nitrogens with one attached hydrogen (secondary N) is 1. The Balaban J connectivity index is 2.88. The van der Waals surface area contributed by atoms with Gasteiger partial charge in [-0.05, 0) is 44.0 Å². The average molecular weight is 250 g/mol. The van der Waals surface area contributed by atoms with Crippen LogP contribution in [-0.2, 0) is 6.42 Å². The largest absolute Gasteiger partial charge is 0.491 e. The molecule has 1 rings (SSSR count). The molecule has 0 saturated heterocycles. The number of ether oxygens (including phenoxy) is 1. The van der Waals surface area contributed by atoms with E-state index in [9.17, 15) is 4.79 Å². The van der Waals surface area contributed by atoms with Crippen molar-refractivity contribution in [1.29, 1.82) is 0 Å². The third-order valence-corrected chi connectivity index (χ3v) is 2.46. The van der Waals surface area contributed by atoms with Crippen LogP contribution < -0.4 is 10.1 Å². The highest BCUT2D eigenvalue weighted by atomic mass is 16.5. The lowest BCUT2D eigenvalue weighted by Crippen LogP contribution is -2.27. The van der Waals surface area contributed by atoms with E-state index in [0.717, 1.165) is 23.4 Å². The zero-order chi connectivity index (χ0) is 13.7. The van der Waals surface area contributed by atoms with Crippen LogP contribution in [0.3, 0.4) is 0 Å². The number of aryl methyl sites for hydroxylation is 1. The zero-order valence-electron chi connectivity index (χ0n) is 11.8. The molecule has 0 spiro atoms. The fourth-order valence-corrected chi connectivity index (χ4v) is 1.54. The molecule has 0 aliphatic carbocycles. The number of nitrogens with zero attached hydrogens (tertiary/aromatic N) is 1. The number of hydrogen-bond donors (Lipinski definition) is 1. The topological polar surface area (TPSA) is 41.6 Å². The lowest BCUT2D eigenvalue weighted by Gasteiger charge is -2.16. The molecule has 0 unspecified atom stereocenters. The summed E-state index contributed by atoms with van der Waals surface area (Å²) in [6, 6.07) is 5.59. The first kappa shape index (κ1) is 14.4. The van der Waals surface area contributed by atoms with Crippen LogP contribution in [0.5, 0.6) is 5.75 Å². The van der Waals surface area contributed by atoms with E-state index < -0.39 is 0 Å². The van der Waals surface area contributed by atoms with E-state index in [0.29, 0.717) is 0 Å². The second kappa shape index (κ2) is 6.28. The summed E-state index contributed by atoms with van der Waals surface area (Å²) in [5.74, 6) is 0.885.